The quantitative estimate of drug-likeness (QED) is 0.662. The summed E-state index contributed by atoms with van der Waals surface area (Å²) < 4.78 is 0. The van der Waals surface area contributed by atoms with Crippen LogP contribution in [0.15, 0.2) is 12.1 Å². The van der Waals surface area contributed by atoms with Crippen molar-refractivity contribution >= 4 is 22.9 Å². The Bertz CT molecular complexity index is 327. The third-order valence-electron chi connectivity index (χ3n) is 3.25. The van der Waals surface area contributed by atoms with Gasteiger partial charge < -0.3 is 0 Å². The zero-order chi connectivity index (χ0) is 10.3. The van der Waals surface area contributed by atoms with Crippen LogP contribution in [0.5, 0.6) is 0 Å². The Hall–Kier alpha value is -0.0100. The van der Waals surface area contributed by atoms with Gasteiger partial charge in [0, 0.05) is 9.75 Å². The van der Waals surface area contributed by atoms with Crippen molar-refractivity contribution in [3.05, 3.63) is 21.9 Å². The second-order valence-corrected chi connectivity index (χ2v) is 6.53. The molecule has 0 N–H and O–H groups in total. The maximum Gasteiger partial charge on any atom is 0.0712 e. The molecule has 2 rings (SSSR count). The first kappa shape index (κ1) is 10.5. The van der Waals surface area contributed by atoms with Crippen molar-refractivity contribution < 1.29 is 0 Å². The monoisotopic (exact) mass is 228 g/mol. The Morgan fingerprint density at radius 2 is 2.21 bits per heavy atom. The van der Waals surface area contributed by atoms with Crippen molar-refractivity contribution in [3.63, 3.8) is 0 Å². The summed E-state index contributed by atoms with van der Waals surface area (Å²) in [5.41, 5.74) is 0.475. The molecule has 0 bridgehead atoms. The highest BCUT2D eigenvalue weighted by molar-refractivity contribution is 7.12. The van der Waals surface area contributed by atoms with Gasteiger partial charge in [0.05, 0.1) is 5.38 Å². The first-order valence-electron chi connectivity index (χ1n) is 5.27. The zero-order valence-corrected chi connectivity index (χ0v) is 10.6. The third-order valence-corrected chi connectivity index (χ3v) is 5.23. The van der Waals surface area contributed by atoms with E-state index in [9.17, 15) is 0 Å². The molecule has 1 aliphatic carbocycles. The van der Waals surface area contributed by atoms with Crippen molar-refractivity contribution in [1.29, 1.82) is 0 Å². The number of thiophene rings is 1. The number of rotatable bonds is 3. The number of hydrogen-bond donors (Lipinski definition) is 0. The smallest absolute Gasteiger partial charge is 0.0712 e. The van der Waals surface area contributed by atoms with Gasteiger partial charge in [0.2, 0.25) is 0 Å². The lowest BCUT2D eigenvalue weighted by Crippen LogP contribution is -1.96. The fourth-order valence-electron chi connectivity index (χ4n) is 1.94. The number of aryl methyl sites for hydroxylation is 1. The third kappa shape index (κ3) is 1.85. The van der Waals surface area contributed by atoms with Gasteiger partial charge in [-0.1, -0.05) is 20.8 Å². The van der Waals surface area contributed by atoms with Crippen LogP contribution in [0.25, 0.3) is 0 Å². The van der Waals surface area contributed by atoms with Crippen LogP contribution in [-0.2, 0) is 6.42 Å². The van der Waals surface area contributed by atoms with Crippen LogP contribution in [0.1, 0.15) is 42.3 Å². The highest BCUT2D eigenvalue weighted by atomic mass is 35.5. The van der Waals surface area contributed by atoms with Crippen LogP contribution in [0.4, 0.5) is 0 Å². The van der Waals surface area contributed by atoms with E-state index in [1.807, 2.05) is 11.3 Å². The number of halogens is 1. The predicted molar refractivity (Wildman–Crippen MR) is 64.2 cm³/mol. The standard InChI is InChI=1S/C12H17ClS/c1-4-8-5-6-10(14-8)11(13)9-7-12(9,2)3/h5-6,9,11H,4,7H2,1-3H3. The molecule has 2 atom stereocenters. The van der Waals surface area contributed by atoms with Crippen LogP contribution in [0.2, 0.25) is 0 Å². The minimum atomic E-state index is 0.246. The van der Waals surface area contributed by atoms with Crippen LogP contribution >= 0.6 is 22.9 Å². The fraction of sp³-hybridized carbons (Fsp3) is 0.667. The van der Waals surface area contributed by atoms with Crippen LogP contribution < -0.4 is 0 Å². The van der Waals surface area contributed by atoms with Gasteiger partial charge in [-0.2, -0.15) is 0 Å². The zero-order valence-electron chi connectivity index (χ0n) is 9.01. The van der Waals surface area contributed by atoms with E-state index in [0.29, 0.717) is 11.3 Å². The lowest BCUT2D eigenvalue weighted by atomic mass is 10.1. The maximum atomic E-state index is 6.47. The molecule has 1 saturated carbocycles. The maximum absolute atomic E-state index is 6.47. The Morgan fingerprint density at radius 1 is 1.57 bits per heavy atom. The topological polar surface area (TPSA) is 0 Å². The van der Waals surface area contributed by atoms with E-state index in [-0.39, 0.29) is 5.38 Å². The largest absolute Gasteiger partial charge is 0.144 e. The van der Waals surface area contributed by atoms with Gasteiger partial charge in [-0.15, -0.1) is 22.9 Å². The van der Waals surface area contributed by atoms with E-state index in [1.54, 1.807) is 0 Å². The van der Waals surface area contributed by atoms with Crippen LogP contribution in [0.3, 0.4) is 0 Å². The van der Waals surface area contributed by atoms with Crippen molar-refractivity contribution in [3.8, 4) is 0 Å². The molecule has 1 heterocycles. The molecule has 2 heteroatoms. The van der Waals surface area contributed by atoms with Crippen molar-refractivity contribution in [2.75, 3.05) is 0 Å². The van der Waals surface area contributed by atoms with Gasteiger partial charge in [-0.25, -0.2) is 0 Å². The molecule has 78 valence electrons. The molecule has 0 aromatic carbocycles. The van der Waals surface area contributed by atoms with E-state index in [1.165, 1.54) is 16.2 Å². The van der Waals surface area contributed by atoms with Crippen LogP contribution in [-0.4, -0.2) is 0 Å². The number of hydrogen-bond acceptors (Lipinski definition) is 1. The van der Waals surface area contributed by atoms with Gasteiger partial charge in [-0.05, 0) is 36.3 Å². The molecular weight excluding hydrogens is 212 g/mol. The summed E-state index contributed by atoms with van der Waals surface area (Å²) in [6.45, 7) is 6.81. The fourth-order valence-corrected chi connectivity index (χ4v) is 3.57. The summed E-state index contributed by atoms with van der Waals surface area (Å²) >= 11 is 8.35. The second kappa shape index (κ2) is 3.53. The summed E-state index contributed by atoms with van der Waals surface area (Å²) in [5.74, 6) is 0.688. The first-order valence-corrected chi connectivity index (χ1v) is 6.52. The normalized spacial score (nSPS) is 26.1. The first-order chi connectivity index (χ1) is 6.54. The highest BCUT2D eigenvalue weighted by Crippen LogP contribution is 2.60. The van der Waals surface area contributed by atoms with Crippen molar-refractivity contribution in [2.45, 2.75) is 39.0 Å². The van der Waals surface area contributed by atoms with E-state index in [0.717, 1.165) is 6.42 Å². The predicted octanol–water partition coefficient (Wildman–Crippen LogP) is 4.64. The Kier molecular flexibility index (Phi) is 2.65. The molecular formula is C12H17ClS. The summed E-state index contributed by atoms with van der Waals surface area (Å²) in [5, 5.41) is 0.246. The summed E-state index contributed by atoms with van der Waals surface area (Å²) in [6, 6.07) is 4.42. The van der Waals surface area contributed by atoms with E-state index in [4.69, 9.17) is 11.6 Å². The average Bonchev–Trinajstić information content (AvgIpc) is 2.64. The molecule has 2 unspecified atom stereocenters. The van der Waals surface area contributed by atoms with Crippen molar-refractivity contribution in [2.24, 2.45) is 11.3 Å². The molecule has 14 heavy (non-hydrogen) atoms. The Balaban J connectivity index is 2.08. The minimum absolute atomic E-state index is 0.246. The van der Waals surface area contributed by atoms with Gasteiger partial charge >= 0.3 is 0 Å². The molecule has 0 saturated heterocycles. The van der Waals surface area contributed by atoms with Crippen molar-refractivity contribution in [1.82, 2.24) is 0 Å². The lowest BCUT2D eigenvalue weighted by Gasteiger charge is -2.08. The van der Waals surface area contributed by atoms with E-state index >= 15 is 0 Å². The average molecular weight is 229 g/mol. The molecule has 1 aromatic heterocycles. The Labute approximate surface area is 95.3 Å². The van der Waals surface area contributed by atoms with Gasteiger partial charge in [-0.3, -0.25) is 0 Å². The van der Waals surface area contributed by atoms with Gasteiger partial charge in [0.1, 0.15) is 0 Å². The molecule has 0 radical (unpaired) electrons. The summed E-state index contributed by atoms with van der Waals surface area (Å²) in [4.78, 5) is 2.81. The molecule has 1 aromatic rings. The van der Waals surface area contributed by atoms with E-state index < -0.39 is 0 Å². The molecule has 0 amide bonds. The van der Waals surface area contributed by atoms with Gasteiger partial charge in [0.25, 0.3) is 0 Å². The molecule has 0 nitrogen and oxygen atoms in total. The second-order valence-electron chi connectivity index (χ2n) is 4.86. The molecule has 0 spiro atoms. The Morgan fingerprint density at radius 3 is 2.64 bits per heavy atom. The molecule has 1 fully saturated rings. The molecule has 1 aliphatic rings. The summed E-state index contributed by atoms with van der Waals surface area (Å²) in [6.07, 6.45) is 2.41. The summed E-state index contributed by atoms with van der Waals surface area (Å²) in [7, 11) is 0. The SMILES string of the molecule is CCc1ccc(C(Cl)C2CC2(C)C)s1. The lowest BCUT2D eigenvalue weighted by molar-refractivity contribution is 0.551. The molecule has 0 aliphatic heterocycles. The van der Waals surface area contributed by atoms with E-state index in [2.05, 4.69) is 32.9 Å². The van der Waals surface area contributed by atoms with Crippen LogP contribution in [0, 0.1) is 11.3 Å². The number of alkyl halides is 1. The highest BCUT2D eigenvalue weighted by Gasteiger charge is 2.50. The van der Waals surface area contributed by atoms with Gasteiger partial charge in [0.15, 0.2) is 0 Å². The minimum Gasteiger partial charge on any atom is -0.144 e.